The van der Waals surface area contributed by atoms with Gasteiger partial charge < -0.3 is 5.11 Å². The molecule has 1 N–H and O–H groups in total. The third-order valence-corrected chi connectivity index (χ3v) is 2.33. The Morgan fingerprint density at radius 2 is 2.06 bits per heavy atom. The van der Waals surface area contributed by atoms with Crippen molar-refractivity contribution in [2.75, 3.05) is 0 Å². The molecule has 0 aliphatic carbocycles. The Morgan fingerprint density at radius 3 is 2.61 bits per heavy atom. The fourth-order valence-electron chi connectivity index (χ4n) is 1.52. The third kappa shape index (κ3) is 2.51. The summed E-state index contributed by atoms with van der Waals surface area (Å²) in [6.45, 7) is 1.49. The minimum absolute atomic E-state index is 0.205. The summed E-state index contributed by atoms with van der Waals surface area (Å²) in [6.07, 6.45) is -2.83. The molecule has 0 bridgehead atoms. The lowest BCUT2D eigenvalue weighted by Gasteiger charge is -2.05. The van der Waals surface area contributed by atoms with Gasteiger partial charge in [-0.2, -0.15) is 18.3 Å². The number of aryl methyl sites for hydroxylation is 1. The van der Waals surface area contributed by atoms with Crippen LogP contribution in [0.4, 0.5) is 13.2 Å². The van der Waals surface area contributed by atoms with E-state index in [9.17, 15) is 13.2 Å². The van der Waals surface area contributed by atoms with Crippen molar-refractivity contribution in [2.24, 2.45) is 0 Å². The van der Waals surface area contributed by atoms with Crippen LogP contribution in [0.1, 0.15) is 16.8 Å². The number of nitrogens with zero attached hydrogens (tertiary/aromatic N) is 3. The molecule has 7 heteroatoms. The zero-order valence-electron chi connectivity index (χ0n) is 9.44. The number of halogens is 3. The maximum absolute atomic E-state index is 12.4. The number of pyridine rings is 1. The molecule has 0 aliphatic heterocycles. The average Bonchev–Trinajstić information content (AvgIpc) is 2.77. The summed E-state index contributed by atoms with van der Waals surface area (Å²) in [5.74, 6) is 0.245. The predicted octanol–water partition coefficient (Wildman–Crippen LogP) is 2.09. The van der Waals surface area contributed by atoms with Crippen LogP contribution in [-0.2, 0) is 12.8 Å². The molecule has 0 atom stereocenters. The number of hydrogen-bond donors (Lipinski definition) is 1. The molecule has 0 saturated heterocycles. The van der Waals surface area contributed by atoms with E-state index >= 15 is 0 Å². The minimum atomic E-state index is -4.43. The molecule has 18 heavy (non-hydrogen) atoms. The summed E-state index contributed by atoms with van der Waals surface area (Å²) in [4.78, 5) is 4.07. The van der Waals surface area contributed by atoms with Crippen LogP contribution in [0.2, 0.25) is 0 Å². The monoisotopic (exact) mass is 257 g/mol. The number of alkyl halides is 3. The number of aliphatic hydroxyl groups excluding tert-OH is 1. The van der Waals surface area contributed by atoms with Gasteiger partial charge >= 0.3 is 6.18 Å². The molecule has 2 heterocycles. The summed E-state index contributed by atoms with van der Waals surface area (Å²) in [5, 5.41) is 12.7. The number of hydrogen-bond acceptors (Lipinski definition) is 3. The molecular weight excluding hydrogens is 247 g/mol. The van der Waals surface area contributed by atoms with Gasteiger partial charge in [-0.1, -0.05) is 0 Å². The maximum atomic E-state index is 12.4. The first-order valence-corrected chi connectivity index (χ1v) is 5.11. The minimum Gasteiger partial charge on any atom is -0.392 e. The molecule has 0 amide bonds. The summed E-state index contributed by atoms with van der Waals surface area (Å²) in [6, 6.07) is 3.14. The summed E-state index contributed by atoms with van der Waals surface area (Å²) >= 11 is 0. The maximum Gasteiger partial charge on any atom is 0.419 e. The zero-order chi connectivity index (χ0) is 13.3. The normalized spacial score (nSPS) is 11.8. The summed E-state index contributed by atoms with van der Waals surface area (Å²) in [7, 11) is 0. The Kier molecular flexibility index (Phi) is 3.08. The highest BCUT2D eigenvalue weighted by molar-refractivity contribution is 5.30. The Morgan fingerprint density at radius 1 is 1.33 bits per heavy atom. The molecule has 0 spiro atoms. The molecule has 0 unspecified atom stereocenters. The van der Waals surface area contributed by atoms with Crippen LogP contribution in [0.25, 0.3) is 5.82 Å². The van der Waals surface area contributed by atoms with E-state index in [1.165, 1.54) is 6.07 Å². The van der Waals surface area contributed by atoms with Crippen LogP contribution in [0.3, 0.4) is 0 Å². The molecular formula is C11H10F3N3O. The lowest BCUT2D eigenvalue weighted by Crippen LogP contribution is -2.04. The highest BCUT2D eigenvalue weighted by Gasteiger charge is 2.32. The van der Waals surface area contributed by atoms with Gasteiger partial charge in [0.2, 0.25) is 0 Å². The molecule has 4 nitrogen and oxygen atoms in total. The van der Waals surface area contributed by atoms with E-state index in [0.717, 1.165) is 17.1 Å². The second-order valence-electron chi connectivity index (χ2n) is 3.80. The first-order valence-electron chi connectivity index (χ1n) is 5.11. The average molecular weight is 257 g/mol. The van der Waals surface area contributed by atoms with E-state index in [4.69, 9.17) is 5.11 Å². The van der Waals surface area contributed by atoms with Gasteiger partial charge in [-0.05, 0) is 24.6 Å². The Labute approximate surface area is 101 Å². The Balaban J connectivity index is 2.43. The van der Waals surface area contributed by atoms with Crippen molar-refractivity contribution in [3.8, 4) is 5.82 Å². The van der Waals surface area contributed by atoms with Crippen molar-refractivity contribution in [3.05, 3.63) is 41.3 Å². The van der Waals surface area contributed by atoms with Crippen molar-refractivity contribution in [1.29, 1.82) is 0 Å². The van der Waals surface area contributed by atoms with Gasteiger partial charge in [0.1, 0.15) is 0 Å². The van der Waals surface area contributed by atoms with Gasteiger partial charge in [-0.25, -0.2) is 9.67 Å². The van der Waals surface area contributed by atoms with E-state index in [1.54, 1.807) is 13.0 Å². The number of aliphatic hydroxyl groups is 1. The molecule has 2 rings (SSSR count). The summed E-state index contributed by atoms with van der Waals surface area (Å²) in [5.41, 5.74) is 0.332. The van der Waals surface area contributed by atoms with E-state index in [0.29, 0.717) is 11.3 Å². The van der Waals surface area contributed by atoms with Crippen LogP contribution in [0, 0.1) is 6.92 Å². The molecule has 96 valence electrons. The van der Waals surface area contributed by atoms with Crippen LogP contribution >= 0.6 is 0 Å². The van der Waals surface area contributed by atoms with Crippen LogP contribution in [0.5, 0.6) is 0 Å². The van der Waals surface area contributed by atoms with Gasteiger partial charge in [0, 0.05) is 11.9 Å². The second-order valence-corrected chi connectivity index (χ2v) is 3.80. The highest BCUT2D eigenvalue weighted by Crippen LogP contribution is 2.29. The van der Waals surface area contributed by atoms with Gasteiger partial charge in [-0.3, -0.25) is 0 Å². The standard InChI is InChI=1S/C11H10F3N3O/c1-7-2-8(6-18)3-10(16-7)17-5-9(4-15-17)11(12,13)14/h2-5,18H,6H2,1H3. The number of rotatable bonds is 2. The Bertz CT molecular complexity index is 563. The molecule has 0 saturated carbocycles. The molecule has 0 fully saturated rings. The van der Waals surface area contributed by atoms with Crippen molar-refractivity contribution in [2.45, 2.75) is 19.7 Å². The largest absolute Gasteiger partial charge is 0.419 e. The Hall–Kier alpha value is -1.89. The molecule has 2 aromatic heterocycles. The van der Waals surface area contributed by atoms with E-state index < -0.39 is 11.7 Å². The molecule has 0 aromatic carbocycles. The predicted molar refractivity (Wildman–Crippen MR) is 57.0 cm³/mol. The van der Waals surface area contributed by atoms with Crippen LogP contribution in [-0.4, -0.2) is 19.9 Å². The third-order valence-electron chi connectivity index (χ3n) is 2.33. The SMILES string of the molecule is Cc1cc(CO)cc(-n2cc(C(F)(F)F)cn2)n1. The quantitative estimate of drug-likeness (QED) is 0.896. The smallest absolute Gasteiger partial charge is 0.392 e. The van der Waals surface area contributed by atoms with E-state index in [-0.39, 0.29) is 12.4 Å². The molecule has 0 aliphatic rings. The van der Waals surface area contributed by atoms with Crippen molar-refractivity contribution in [1.82, 2.24) is 14.8 Å². The number of aromatic nitrogens is 3. The second kappa shape index (κ2) is 4.41. The van der Waals surface area contributed by atoms with E-state index in [1.807, 2.05) is 0 Å². The summed E-state index contributed by atoms with van der Waals surface area (Å²) < 4.78 is 38.3. The molecule has 2 aromatic rings. The zero-order valence-corrected chi connectivity index (χ0v) is 9.44. The van der Waals surface area contributed by atoms with Crippen molar-refractivity contribution in [3.63, 3.8) is 0 Å². The first kappa shape index (κ1) is 12.6. The highest BCUT2D eigenvalue weighted by atomic mass is 19.4. The lowest BCUT2D eigenvalue weighted by molar-refractivity contribution is -0.137. The lowest BCUT2D eigenvalue weighted by atomic mass is 10.2. The molecule has 0 radical (unpaired) electrons. The van der Waals surface area contributed by atoms with Crippen LogP contribution < -0.4 is 0 Å². The van der Waals surface area contributed by atoms with Gasteiger partial charge in [0.15, 0.2) is 5.82 Å². The fraction of sp³-hybridized carbons (Fsp3) is 0.273. The van der Waals surface area contributed by atoms with Crippen molar-refractivity contribution >= 4 is 0 Å². The van der Waals surface area contributed by atoms with Gasteiger partial charge in [0.05, 0.1) is 18.4 Å². The fourth-order valence-corrected chi connectivity index (χ4v) is 1.52. The first-order chi connectivity index (χ1) is 8.40. The van der Waals surface area contributed by atoms with E-state index in [2.05, 4.69) is 10.1 Å². The van der Waals surface area contributed by atoms with Gasteiger partial charge in [-0.15, -0.1) is 0 Å². The topological polar surface area (TPSA) is 50.9 Å². The van der Waals surface area contributed by atoms with Crippen molar-refractivity contribution < 1.29 is 18.3 Å². The van der Waals surface area contributed by atoms with Crippen LogP contribution in [0.15, 0.2) is 24.5 Å². The van der Waals surface area contributed by atoms with Gasteiger partial charge in [0.25, 0.3) is 0 Å².